The van der Waals surface area contributed by atoms with Gasteiger partial charge in [0.05, 0.1) is 29.4 Å². The van der Waals surface area contributed by atoms with E-state index < -0.39 is 23.8 Å². The van der Waals surface area contributed by atoms with Crippen molar-refractivity contribution in [2.24, 2.45) is 7.05 Å². The summed E-state index contributed by atoms with van der Waals surface area (Å²) < 4.78 is 52.5. The van der Waals surface area contributed by atoms with Gasteiger partial charge in [-0.25, -0.2) is 0 Å². The normalized spacial score (nSPS) is 12.7. The third-order valence-corrected chi connectivity index (χ3v) is 4.57. The average Bonchev–Trinajstić information content (AvgIpc) is 2.94. The first kappa shape index (κ1) is 21.7. The number of methoxy groups -OCH3 is 1. The molecule has 0 unspecified atom stereocenters. The smallest absolute Gasteiger partial charge is 0.417 e. The Morgan fingerprint density at radius 2 is 2.00 bits per heavy atom. The number of ether oxygens (including phenoxy) is 2. The lowest BCUT2D eigenvalue weighted by molar-refractivity contribution is -0.136. The minimum atomic E-state index is -4.65. The molecule has 3 aromatic rings. The highest BCUT2D eigenvalue weighted by atomic mass is 35.5. The average molecular weight is 443 g/mol. The topological polar surface area (TPSA) is 78.3 Å². The third-order valence-electron chi connectivity index (χ3n) is 4.34. The predicted octanol–water partition coefficient (Wildman–Crippen LogP) is 4.36. The van der Waals surface area contributed by atoms with E-state index in [0.29, 0.717) is 16.5 Å². The lowest BCUT2D eigenvalue weighted by Gasteiger charge is -2.17. The van der Waals surface area contributed by atoms with Gasteiger partial charge in [-0.05, 0) is 32.0 Å². The van der Waals surface area contributed by atoms with Gasteiger partial charge in [0.15, 0.2) is 11.8 Å². The Morgan fingerprint density at radius 3 is 2.63 bits per heavy atom. The summed E-state index contributed by atoms with van der Waals surface area (Å²) in [5.74, 6) is -0.602. The summed E-state index contributed by atoms with van der Waals surface area (Å²) in [5.41, 5.74) is -0.441. The Morgan fingerprint density at radius 1 is 1.30 bits per heavy atom. The number of carbonyl (C=O) groups excluding carboxylic acids is 1. The van der Waals surface area contributed by atoms with Crippen LogP contribution in [0.4, 0.5) is 18.9 Å². The summed E-state index contributed by atoms with van der Waals surface area (Å²) in [6.07, 6.45) is -5.80. The molecule has 7 nitrogen and oxygen atoms in total. The summed E-state index contributed by atoms with van der Waals surface area (Å²) >= 11 is 5.94. The first-order valence-corrected chi connectivity index (χ1v) is 9.11. The summed E-state index contributed by atoms with van der Waals surface area (Å²) in [6.45, 7) is 2.86. The molecule has 0 aliphatic carbocycles. The number of amides is 1. The molecule has 1 N–H and O–H groups in total. The van der Waals surface area contributed by atoms with Crippen molar-refractivity contribution in [2.75, 3.05) is 12.4 Å². The summed E-state index contributed by atoms with van der Waals surface area (Å²) in [4.78, 5) is 16.6. The van der Waals surface area contributed by atoms with E-state index >= 15 is 0 Å². The second kappa shape index (κ2) is 8.02. The van der Waals surface area contributed by atoms with Crippen molar-refractivity contribution < 1.29 is 27.4 Å². The zero-order chi connectivity index (χ0) is 22.2. The maximum absolute atomic E-state index is 13.6. The largest absolute Gasteiger partial charge is 0.495 e. The Balaban J connectivity index is 1.90. The molecule has 3 rings (SSSR count). The van der Waals surface area contributed by atoms with E-state index in [9.17, 15) is 18.0 Å². The highest BCUT2D eigenvalue weighted by molar-refractivity contribution is 6.31. The van der Waals surface area contributed by atoms with Crippen molar-refractivity contribution in [1.29, 1.82) is 0 Å². The van der Waals surface area contributed by atoms with Gasteiger partial charge < -0.3 is 14.8 Å². The molecule has 2 aromatic heterocycles. The van der Waals surface area contributed by atoms with Crippen molar-refractivity contribution >= 4 is 34.2 Å². The number of hydrogen-bond acceptors (Lipinski definition) is 5. The molecule has 11 heteroatoms. The number of hydrogen-bond donors (Lipinski definition) is 1. The van der Waals surface area contributed by atoms with Crippen molar-refractivity contribution in [3.05, 3.63) is 40.5 Å². The van der Waals surface area contributed by atoms with E-state index in [1.807, 2.05) is 0 Å². The van der Waals surface area contributed by atoms with E-state index in [4.69, 9.17) is 21.1 Å². The van der Waals surface area contributed by atoms with Crippen LogP contribution in [0.3, 0.4) is 0 Å². The van der Waals surface area contributed by atoms with Gasteiger partial charge in [0.1, 0.15) is 5.75 Å². The molecular weight excluding hydrogens is 425 g/mol. The molecule has 0 bridgehead atoms. The van der Waals surface area contributed by atoms with Crippen LogP contribution < -0.4 is 14.8 Å². The molecule has 0 aliphatic rings. The van der Waals surface area contributed by atoms with Gasteiger partial charge in [-0.15, -0.1) is 0 Å². The number of carbonyl (C=O) groups is 1. The summed E-state index contributed by atoms with van der Waals surface area (Å²) in [7, 11) is 2.90. The molecule has 30 heavy (non-hydrogen) atoms. The molecule has 0 aliphatic heterocycles. The fourth-order valence-electron chi connectivity index (χ4n) is 2.95. The molecule has 0 spiro atoms. The van der Waals surface area contributed by atoms with E-state index in [0.717, 1.165) is 6.07 Å². The Bertz CT molecular complexity index is 1110. The molecular formula is C19H18ClF3N4O3. The van der Waals surface area contributed by atoms with Gasteiger partial charge in [0.25, 0.3) is 5.91 Å². The van der Waals surface area contributed by atoms with Gasteiger partial charge in [0.2, 0.25) is 5.88 Å². The van der Waals surface area contributed by atoms with Gasteiger partial charge in [-0.2, -0.15) is 23.3 Å². The molecule has 1 atom stereocenters. The maximum Gasteiger partial charge on any atom is 0.417 e. The minimum absolute atomic E-state index is 0.00134. The van der Waals surface area contributed by atoms with E-state index in [1.54, 1.807) is 12.1 Å². The van der Waals surface area contributed by atoms with Crippen LogP contribution in [-0.2, 0) is 18.0 Å². The zero-order valence-electron chi connectivity index (χ0n) is 16.5. The van der Waals surface area contributed by atoms with Crippen LogP contribution in [-0.4, -0.2) is 33.9 Å². The van der Waals surface area contributed by atoms with Crippen LogP contribution in [0.2, 0.25) is 5.02 Å². The van der Waals surface area contributed by atoms with Crippen LogP contribution in [0.25, 0.3) is 11.0 Å². The lowest BCUT2D eigenvalue weighted by Crippen LogP contribution is -2.30. The highest BCUT2D eigenvalue weighted by Gasteiger charge is 2.36. The Kier molecular flexibility index (Phi) is 5.80. The molecule has 0 fully saturated rings. The van der Waals surface area contributed by atoms with Crippen molar-refractivity contribution in [3.63, 3.8) is 0 Å². The number of anilines is 1. The standard InChI is InChI=1S/C19H18ClF3N4O3/c1-9-16-12(19(21,22)23)8-15(25-17(16)27(3)26-9)30-10(2)18(28)24-13-7-11(20)5-6-14(13)29-4/h5-8,10H,1-4H3,(H,24,28)/t10-/m1/s1. The van der Waals surface area contributed by atoms with Gasteiger partial charge in [-0.3, -0.25) is 9.48 Å². The van der Waals surface area contributed by atoms with E-state index in [2.05, 4.69) is 15.4 Å². The van der Waals surface area contributed by atoms with Crippen molar-refractivity contribution in [1.82, 2.24) is 14.8 Å². The quantitative estimate of drug-likeness (QED) is 0.635. The van der Waals surface area contributed by atoms with Crippen LogP contribution in [0.15, 0.2) is 24.3 Å². The molecule has 160 valence electrons. The number of nitrogens with one attached hydrogen (secondary N) is 1. The zero-order valence-corrected chi connectivity index (χ0v) is 17.2. The molecule has 1 aromatic carbocycles. The summed E-state index contributed by atoms with van der Waals surface area (Å²) in [5, 5.41) is 6.83. The number of rotatable bonds is 5. The fourth-order valence-corrected chi connectivity index (χ4v) is 3.12. The van der Waals surface area contributed by atoms with E-state index in [1.165, 1.54) is 38.8 Å². The molecule has 0 saturated carbocycles. The third kappa shape index (κ3) is 4.28. The SMILES string of the molecule is COc1ccc(Cl)cc1NC(=O)[C@@H](C)Oc1cc(C(F)(F)F)c2c(C)nn(C)c2n1. The second-order valence-electron chi connectivity index (χ2n) is 6.51. The number of fused-ring (bicyclic) bond motifs is 1. The molecule has 0 radical (unpaired) electrons. The Labute approximate surface area is 174 Å². The number of halogens is 4. The Hall–Kier alpha value is -3.01. The fraction of sp³-hybridized carbons (Fsp3) is 0.316. The van der Waals surface area contributed by atoms with Crippen molar-refractivity contribution in [3.8, 4) is 11.6 Å². The molecule has 1 amide bonds. The lowest BCUT2D eigenvalue weighted by atomic mass is 10.1. The maximum atomic E-state index is 13.6. The van der Waals surface area contributed by atoms with Crippen LogP contribution in [0.5, 0.6) is 11.6 Å². The number of alkyl halides is 3. The van der Waals surface area contributed by atoms with Crippen LogP contribution in [0.1, 0.15) is 18.2 Å². The number of aryl methyl sites for hydroxylation is 2. The first-order chi connectivity index (χ1) is 14.0. The predicted molar refractivity (Wildman–Crippen MR) is 105 cm³/mol. The first-order valence-electron chi connectivity index (χ1n) is 8.74. The number of pyridine rings is 1. The number of benzene rings is 1. The highest BCUT2D eigenvalue weighted by Crippen LogP contribution is 2.37. The van der Waals surface area contributed by atoms with Crippen LogP contribution >= 0.6 is 11.6 Å². The second-order valence-corrected chi connectivity index (χ2v) is 6.94. The summed E-state index contributed by atoms with van der Waals surface area (Å²) in [6, 6.07) is 5.40. The van der Waals surface area contributed by atoms with Gasteiger partial charge in [-0.1, -0.05) is 11.6 Å². The van der Waals surface area contributed by atoms with Crippen molar-refractivity contribution in [2.45, 2.75) is 26.1 Å². The minimum Gasteiger partial charge on any atom is -0.495 e. The molecule has 0 saturated heterocycles. The molecule has 2 heterocycles. The van der Waals surface area contributed by atoms with Gasteiger partial charge >= 0.3 is 6.18 Å². The van der Waals surface area contributed by atoms with E-state index in [-0.39, 0.29) is 22.6 Å². The number of nitrogens with zero attached hydrogens (tertiary/aromatic N) is 3. The van der Waals surface area contributed by atoms with Crippen LogP contribution in [0, 0.1) is 6.92 Å². The monoisotopic (exact) mass is 442 g/mol. The van der Waals surface area contributed by atoms with Gasteiger partial charge in [0, 0.05) is 18.1 Å². The number of aromatic nitrogens is 3.